The Morgan fingerprint density at radius 1 is 0.283 bits per heavy atom. The number of halogens is 2. The maximum atomic E-state index is 4.66. The smallest absolute Gasteiger partial charge is 0.0280 e. The van der Waals surface area contributed by atoms with Crippen LogP contribution in [0.25, 0.3) is 0 Å². The molecule has 234 valence electrons. The summed E-state index contributed by atoms with van der Waals surface area (Å²) >= 11 is 9.31. The molecule has 4 unspecified atom stereocenters. The zero-order valence-electron chi connectivity index (χ0n) is 26.8. The van der Waals surface area contributed by atoms with Crippen molar-refractivity contribution in [3.63, 3.8) is 0 Å². The summed E-state index contributed by atoms with van der Waals surface area (Å²) in [6.07, 6.45) is 15.6. The minimum atomic E-state index is 0.163. The van der Waals surface area contributed by atoms with Crippen molar-refractivity contribution in [3.8, 4) is 0 Å². The molecule has 46 heavy (non-hydrogen) atoms. The van der Waals surface area contributed by atoms with Crippen LogP contribution in [-0.4, -0.2) is 8.65 Å². The van der Waals surface area contributed by atoms with Crippen molar-refractivity contribution in [2.24, 2.45) is 10.8 Å². The number of hydrogen-bond donors (Lipinski definition) is 0. The Morgan fingerprint density at radius 2 is 0.522 bits per heavy atom. The molecule has 0 N–H and O–H groups in total. The van der Waals surface area contributed by atoms with E-state index in [4.69, 9.17) is 0 Å². The first kappa shape index (κ1) is 28.8. The zero-order chi connectivity index (χ0) is 30.9. The van der Waals surface area contributed by atoms with Crippen LogP contribution >= 0.6 is 31.9 Å². The average Bonchev–Trinajstić information content (AvgIpc) is 3.04. The summed E-state index contributed by atoms with van der Waals surface area (Å²) in [6.45, 7) is 0. The normalized spacial score (nSPS) is 44.8. The molecule has 0 heterocycles. The first-order valence-corrected chi connectivity index (χ1v) is 19.3. The molecule has 4 aromatic carbocycles. The van der Waals surface area contributed by atoms with E-state index in [1.54, 1.807) is 22.3 Å². The van der Waals surface area contributed by atoms with Crippen LogP contribution < -0.4 is 0 Å². The molecule has 0 spiro atoms. The van der Waals surface area contributed by atoms with Crippen LogP contribution in [0.15, 0.2) is 121 Å². The van der Waals surface area contributed by atoms with Gasteiger partial charge in [0.1, 0.15) is 0 Å². The van der Waals surface area contributed by atoms with Gasteiger partial charge in [0.2, 0.25) is 0 Å². The minimum Gasteiger partial charge on any atom is -0.0852 e. The van der Waals surface area contributed by atoms with Gasteiger partial charge in [-0.25, -0.2) is 0 Å². The van der Waals surface area contributed by atoms with E-state index in [0.717, 1.165) is 0 Å². The molecule has 0 radical (unpaired) electrons. The van der Waals surface area contributed by atoms with Crippen LogP contribution in [-0.2, 0) is 21.7 Å². The Kier molecular flexibility index (Phi) is 5.82. The van der Waals surface area contributed by atoms with Crippen LogP contribution in [0.3, 0.4) is 0 Å². The Bertz CT molecular complexity index is 1550. The lowest BCUT2D eigenvalue weighted by atomic mass is 9.26. The van der Waals surface area contributed by atoms with Crippen molar-refractivity contribution in [2.45, 2.75) is 107 Å². The largest absolute Gasteiger partial charge is 0.0852 e. The highest BCUT2D eigenvalue weighted by molar-refractivity contribution is 9.10. The van der Waals surface area contributed by atoms with Crippen molar-refractivity contribution in [3.05, 3.63) is 144 Å². The summed E-state index contributed by atoms with van der Waals surface area (Å²) in [6, 6.07) is 47.2. The number of rotatable bonds is 5. The molecule has 4 atom stereocenters. The lowest BCUT2D eigenvalue weighted by Crippen LogP contribution is -2.74. The monoisotopic (exact) mass is 730 g/mol. The molecule has 12 rings (SSSR count). The van der Waals surface area contributed by atoms with Crippen LogP contribution in [0.4, 0.5) is 0 Å². The predicted octanol–water partition coefficient (Wildman–Crippen LogP) is 11.7. The van der Waals surface area contributed by atoms with Crippen LogP contribution in [0, 0.1) is 10.8 Å². The van der Waals surface area contributed by atoms with Crippen molar-refractivity contribution >= 4 is 31.9 Å². The second kappa shape index (κ2) is 9.29. The van der Waals surface area contributed by atoms with Gasteiger partial charge in [-0.15, -0.1) is 0 Å². The Balaban J connectivity index is 1.23. The maximum Gasteiger partial charge on any atom is 0.0280 e. The van der Waals surface area contributed by atoms with Gasteiger partial charge < -0.3 is 0 Å². The van der Waals surface area contributed by atoms with Crippen LogP contribution in [0.2, 0.25) is 0 Å². The van der Waals surface area contributed by atoms with E-state index >= 15 is 0 Å². The molecule has 0 nitrogen and oxygen atoms in total. The number of benzene rings is 4. The van der Waals surface area contributed by atoms with E-state index in [1.165, 1.54) is 77.0 Å². The summed E-state index contributed by atoms with van der Waals surface area (Å²) in [5.74, 6) is 0. The standard InChI is InChI=1S/C44H44Br2/c45-43-27-37(33-13-5-1-6-14-33)21-38(28-43,34-15-7-2-8-16-34)24-41(23-37,31-43)42-25-39(35-17-9-3-10-18-35)22-40(26-42,30-44(46,29-39)32-42)36-19-11-4-12-20-36/h1-20H,21-32H2. The molecule has 0 aliphatic heterocycles. The van der Waals surface area contributed by atoms with Crippen molar-refractivity contribution in [2.75, 3.05) is 0 Å². The van der Waals surface area contributed by atoms with E-state index in [9.17, 15) is 0 Å². The second-order valence-corrected chi connectivity index (χ2v) is 20.9. The van der Waals surface area contributed by atoms with Crippen LogP contribution in [0.5, 0.6) is 0 Å². The fourth-order valence-corrected chi connectivity index (χ4v) is 17.8. The van der Waals surface area contributed by atoms with Gasteiger partial charge >= 0.3 is 0 Å². The summed E-state index contributed by atoms with van der Waals surface area (Å²) < 4.78 is 0.326. The summed E-state index contributed by atoms with van der Waals surface area (Å²) in [5.41, 5.74) is 7.67. The third-order valence-electron chi connectivity index (χ3n) is 14.7. The van der Waals surface area contributed by atoms with Crippen molar-refractivity contribution in [1.29, 1.82) is 0 Å². The van der Waals surface area contributed by atoms with E-state index in [2.05, 4.69) is 153 Å². The fourth-order valence-electron chi connectivity index (χ4n) is 14.5. The molecule has 0 aromatic heterocycles. The summed E-state index contributed by atoms with van der Waals surface area (Å²) in [7, 11) is 0. The second-order valence-electron chi connectivity index (χ2n) is 17.6. The maximum absolute atomic E-state index is 4.66. The van der Waals surface area contributed by atoms with E-state index in [-0.39, 0.29) is 41.1 Å². The topological polar surface area (TPSA) is 0 Å². The Morgan fingerprint density at radius 3 is 0.761 bits per heavy atom. The van der Waals surface area contributed by atoms with E-state index in [1.807, 2.05) is 0 Å². The van der Waals surface area contributed by atoms with Gasteiger partial charge in [-0.2, -0.15) is 0 Å². The molecular formula is C44H44Br2. The summed E-state index contributed by atoms with van der Waals surface area (Å²) in [5, 5.41) is 0. The van der Waals surface area contributed by atoms with Gasteiger partial charge in [-0.1, -0.05) is 153 Å². The molecule has 8 aliphatic rings. The van der Waals surface area contributed by atoms with E-state index in [0.29, 0.717) is 0 Å². The van der Waals surface area contributed by atoms with Gasteiger partial charge in [0, 0.05) is 8.65 Å². The van der Waals surface area contributed by atoms with E-state index < -0.39 is 0 Å². The third kappa shape index (κ3) is 3.84. The number of alkyl halides is 2. The summed E-state index contributed by atoms with van der Waals surface area (Å²) in [4.78, 5) is 0. The molecule has 2 heteroatoms. The van der Waals surface area contributed by atoms with Gasteiger partial charge in [0.15, 0.2) is 0 Å². The first-order valence-electron chi connectivity index (χ1n) is 17.8. The molecule has 8 fully saturated rings. The molecular weight excluding hydrogens is 688 g/mol. The molecule has 0 amide bonds. The van der Waals surface area contributed by atoms with Gasteiger partial charge in [-0.3, -0.25) is 0 Å². The highest BCUT2D eigenvalue weighted by Crippen LogP contribution is 2.84. The van der Waals surface area contributed by atoms with Crippen molar-refractivity contribution < 1.29 is 0 Å². The first-order chi connectivity index (χ1) is 22.2. The van der Waals surface area contributed by atoms with Crippen molar-refractivity contribution in [1.82, 2.24) is 0 Å². The predicted molar refractivity (Wildman–Crippen MR) is 196 cm³/mol. The Hall–Kier alpha value is -2.16. The lowest BCUT2D eigenvalue weighted by molar-refractivity contribution is -0.212. The highest BCUT2D eigenvalue weighted by atomic mass is 79.9. The van der Waals surface area contributed by atoms with Crippen LogP contribution in [0.1, 0.15) is 99.3 Å². The SMILES string of the molecule is BrC12CC3(c4ccccc4)CC(c4ccccc4)(C1)CC(C14CC5(Br)CC(c6ccccc6)(CC(c6ccccc6)(C5)C1)C4)(C2)C3. The van der Waals surface area contributed by atoms with Gasteiger partial charge in [0.25, 0.3) is 0 Å². The number of hydrogen-bond acceptors (Lipinski definition) is 0. The molecule has 8 saturated carbocycles. The van der Waals surface area contributed by atoms with Gasteiger partial charge in [-0.05, 0) is 132 Å². The Labute approximate surface area is 292 Å². The quantitative estimate of drug-likeness (QED) is 0.179. The highest BCUT2D eigenvalue weighted by Gasteiger charge is 2.78. The van der Waals surface area contributed by atoms with Gasteiger partial charge in [0.05, 0.1) is 0 Å². The fraction of sp³-hybridized carbons (Fsp3) is 0.455. The molecule has 0 saturated heterocycles. The molecule has 4 aromatic rings. The lowest BCUT2D eigenvalue weighted by Gasteiger charge is -2.79. The third-order valence-corrected chi connectivity index (χ3v) is 16.3. The molecule has 8 bridgehead atoms. The minimum absolute atomic E-state index is 0.163. The molecule has 8 aliphatic carbocycles. The average molecular weight is 733 g/mol. The zero-order valence-corrected chi connectivity index (χ0v) is 30.0.